The maximum atomic E-state index is 14.5. The molecule has 0 spiro atoms. The first kappa shape index (κ1) is 15.7. The molecule has 4 nitrogen and oxygen atoms in total. The number of halogens is 3. The molecule has 122 valence electrons. The Balaban J connectivity index is 2.00. The van der Waals surface area contributed by atoms with Gasteiger partial charge in [0.1, 0.15) is 11.6 Å². The van der Waals surface area contributed by atoms with Gasteiger partial charge in [0.05, 0.1) is 24.1 Å². The Morgan fingerprint density at radius 1 is 1.17 bits per heavy atom. The maximum absolute atomic E-state index is 14.5. The van der Waals surface area contributed by atoms with Crippen LogP contribution >= 0.6 is 27.5 Å². The molecule has 0 fully saturated rings. The standard InChI is InChI=1S/C17H12BrClFN3O/c18-11-3-1-6-14-10(11)9-24-8-7-23(14)16-15-12(20)4-2-5-13(15)21-17(19)22-16/h1-6H,7-9H2. The van der Waals surface area contributed by atoms with E-state index in [0.717, 1.165) is 15.7 Å². The summed E-state index contributed by atoms with van der Waals surface area (Å²) in [5.41, 5.74) is 2.39. The molecule has 2 heterocycles. The van der Waals surface area contributed by atoms with Crippen LogP contribution < -0.4 is 4.90 Å². The van der Waals surface area contributed by atoms with E-state index in [9.17, 15) is 4.39 Å². The van der Waals surface area contributed by atoms with Crippen molar-refractivity contribution in [1.82, 2.24) is 9.97 Å². The SMILES string of the molecule is Fc1cccc2nc(Cl)nc(N3CCOCc4c(Br)cccc43)c12. The number of nitrogens with zero attached hydrogens (tertiary/aromatic N) is 3. The lowest BCUT2D eigenvalue weighted by Crippen LogP contribution is -2.22. The molecular formula is C17H12BrClFN3O. The third-order valence-electron chi connectivity index (χ3n) is 3.97. The molecule has 0 bridgehead atoms. The molecule has 1 aliphatic heterocycles. The van der Waals surface area contributed by atoms with Crippen molar-refractivity contribution < 1.29 is 9.13 Å². The van der Waals surface area contributed by atoms with Crippen molar-refractivity contribution in [1.29, 1.82) is 0 Å². The zero-order valence-electron chi connectivity index (χ0n) is 12.5. The number of hydrogen-bond acceptors (Lipinski definition) is 4. The Bertz CT molecular complexity index is 937. The molecule has 4 rings (SSSR count). The number of hydrogen-bond donors (Lipinski definition) is 0. The topological polar surface area (TPSA) is 38.2 Å². The largest absolute Gasteiger partial charge is 0.375 e. The fraction of sp³-hybridized carbons (Fsp3) is 0.176. The Kier molecular flexibility index (Phi) is 4.12. The minimum Gasteiger partial charge on any atom is -0.375 e. The van der Waals surface area contributed by atoms with Gasteiger partial charge >= 0.3 is 0 Å². The number of ether oxygens (including phenoxy) is 1. The Morgan fingerprint density at radius 2 is 2.00 bits per heavy atom. The Hall–Kier alpha value is -1.76. The minimum atomic E-state index is -0.374. The highest BCUT2D eigenvalue weighted by atomic mass is 79.9. The fourth-order valence-electron chi connectivity index (χ4n) is 2.90. The molecule has 0 radical (unpaired) electrons. The quantitative estimate of drug-likeness (QED) is 0.539. The van der Waals surface area contributed by atoms with Crippen molar-refractivity contribution in [2.24, 2.45) is 0 Å². The number of anilines is 2. The zero-order valence-corrected chi connectivity index (χ0v) is 14.8. The summed E-state index contributed by atoms with van der Waals surface area (Å²) in [5, 5.41) is 0.444. The number of aromatic nitrogens is 2. The average Bonchev–Trinajstić information content (AvgIpc) is 2.77. The van der Waals surface area contributed by atoms with Gasteiger partial charge in [-0.05, 0) is 35.9 Å². The molecule has 1 aliphatic rings. The summed E-state index contributed by atoms with van der Waals surface area (Å²) >= 11 is 9.64. The number of fused-ring (bicyclic) bond motifs is 2. The normalized spacial score (nSPS) is 14.5. The van der Waals surface area contributed by atoms with Gasteiger partial charge in [0.15, 0.2) is 0 Å². The van der Waals surface area contributed by atoms with Crippen molar-refractivity contribution >= 4 is 49.9 Å². The van der Waals surface area contributed by atoms with Crippen molar-refractivity contribution in [3.8, 4) is 0 Å². The predicted octanol–water partition coefficient (Wildman–Crippen LogP) is 4.85. The van der Waals surface area contributed by atoms with Crippen LogP contribution in [0, 0.1) is 5.82 Å². The minimum absolute atomic E-state index is 0.0878. The van der Waals surface area contributed by atoms with Gasteiger partial charge in [-0.25, -0.2) is 9.37 Å². The number of rotatable bonds is 1. The molecule has 3 aromatic rings. The Labute approximate surface area is 151 Å². The fourth-order valence-corrected chi connectivity index (χ4v) is 3.55. The average molecular weight is 409 g/mol. The van der Waals surface area contributed by atoms with Crippen molar-refractivity contribution in [3.05, 3.63) is 57.5 Å². The van der Waals surface area contributed by atoms with Gasteiger partial charge in [-0.2, -0.15) is 4.98 Å². The molecule has 1 aromatic heterocycles. The van der Waals surface area contributed by atoms with Crippen LogP contribution in [0.2, 0.25) is 5.28 Å². The van der Waals surface area contributed by atoms with E-state index < -0.39 is 0 Å². The van der Waals surface area contributed by atoms with Gasteiger partial charge in [-0.3, -0.25) is 0 Å². The molecule has 0 saturated carbocycles. The summed E-state index contributed by atoms with van der Waals surface area (Å²) in [4.78, 5) is 10.4. The van der Waals surface area contributed by atoms with E-state index in [1.165, 1.54) is 6.07 Å². The summed E-state index contributed by atoms with van der Waals surface area (Å²) in [7, 11) is 0. The lowest BCUT2D eigenvalue weighted by atomic mass is 10.1. The maximum Gasteiger partial charge on any atom is 0.224 e. The predicted molar refractivity (Wildman–Crippen MR) is 95.3 cm³/mol. The van der Waals surface area contributed by atoms with E-state index in [2.05, 4.69) is 25.9 Å². The molecule has 0 atom stereocenters. The summed E-state index contributed by atoms with van der Waals surface area (Å²) in [6.45, 7) is 1.52. The highest BCUT2D eigenvalue weighted by molar-refractivity contribution is 9.10. The Morgan fingerprint density at radius 3 is 2.88 bits per heavy atom. The van der Waals surface area contributed by atoms with Gasteiger partial charge in [0.2, 0.25) is 5.28 Å². The molecule has 0 aliphatic carbocycles. The van der Waals surface area contributed by atoms with Crippen molar-refractivity contribution in [2.75, 3.05) is 18.1 Å². The lowest BCUT2D eigenvalue weighted by molar-refractivity contribution is 0.133. The smallest absolute Gasteiger partial charge is 0.224 e. The van der Waals surface area contributed by atoms with Crippen LogP contribution in [0.5, 0.6) is 0 Å². The van der Waals surface area contributed by atoms with Crippen LogP contribution in [0.4, 0.5) is 15.9 Å². The molecule has 7 heteroatoms. The molecule has 0 amide bonds. The first-order chi connectivity index (χ1) is 11.6. The molecule has 0 saturated heterocycles. The summed E-state index contributed by atoms with van der Waals surface area (Å²) in [6, 6.07) is 10.6. The van der Waals surface area contributed by atoms with E-state index >= 15 is 0 Å². The van der Waals surface area contributed by atoms with Gasteiger partial charge < -0.3 is 9.64 Å². The molecule has 0 N–H and O–H groups in total. The summed E-state index contributed by atoms with van der Waals surface area (Å²) < 4.78 is 21.1. The second-order valence-electron chi connectivity index (χ2n) is 5.39. The zero-order chi connectivity index (χ0) is 16.7. The highest BCUT2D eigenvalue weighted by Crippen LogP contribution is 2.37. The van der Waals surface area contributed by atoms with Crippen LogP contribution in [0.15, 0.2) is 40.9 Å². The molecular weight excluding hydrogens is 397 g/mol. The summed E-state index contributed by atoms with van der Waals surface area (Å²) in [5.74, 6) is 0.0776. The van der Waals surface area contributed by atoms with E-state index in [0.29, 0.717) is 36.5 Å². The molecule has 0 unspecified atom stereocenters. The van der Waals surface area contributed by atoms with E-state index in [-0.39, 0.29) is 11.1 Å². The number of benzene rings is 2. The first-order valence-electron chi connectivity index (χ1n) is 7.39. The third kappa shape index (κ3) is 2.64. The van der Waals surface area contributed by atoms with Crippen LogP contribution in [0.3, 0.4) is 0 Å². The first-order valence-corrected chi connectivity index (χ1v) is 8.56. The van der Waals surface area contributed by atoms with E-state index in [1.807, 2.05) is 23.1 Å². The van der Waals surface area contributed by atoms with Crippen molar-refractivity contribution in [3.63, 3.8) is 0 Å². The molecule has 24 heavy (non-hydrogen) atoms. The summed E-state index contributed by atoms with van der Waals surface area (Å²) in [6.07, 6.45) is 0. The van der Waals surface area contributed by atoms with Gasteiger partial charge in [0, 0.05) is 22.3 Å². The second-order valence-corrected chi connectivity index (χ2v) is 6.58. The monoisotopic (exact) mass is 407 g/mol. The van der Waals surface area contributed by atoms with Gasteiger partial charge in [-0.15, -0.1) is 0 Å². The van der Waals surface area contributed by atoms with Crippen LogP contribution in [0.25, 0.3) is 10.9 Å². The van der Waals surface area contributed by atoms with Gasteiger partial charge in [0.25, 0.3) is 0 Å². The van der Waals surface area contributed by atoms with E-state index in [4.69, 9.17) is 16.3 Å². The second kappa shape index (κ2) is 6.27. The van der Waals surface area contributed by atoms with Crippen molar-refractivity contribution in [2.45, 2.75) is 6.61 Å². The molecule has 2 aromatic carbocycles. The van der Waals surface area contributed by atoms with Crippen LogP contribution in [0.1, 0.15) is 5.56 Å². The van der Waals surface area contributed by atoms with Crippen LogP contribution in [-0.2, 0) is 11.3 Å². The van der Waals surface area contributed by atoms with E-state index in [1.54, 1.807) is 12.1 Å². The lowest BCUT2D eigenvalue weighted by Gasteiger charge is -2.25. The van der Waals surface area contributed by atoms with Gasteiger partial charge in [-0.1, -0.05) is 28.1 Å². The highest BCUT2D eigenvalue weighted by Gasteiger charge is 2.23. The third-order valence-corrected chi connectivity index (χ3v) is 4.88. The van der Waals surface area contributed by atoms with Crippen LogP contribution in [-0.4, -0.2) is 23.1 Å².